The summed E-state index contributed by atoms with van der Waals surface area (Å²) in [5, 5.41) is 22.3. The van der Waals surface area contributed by atoms with E-state index in [9.17, 15) is 19.8 Å². The normalized spacial score (nSPS) is 54.6. The van der Waals surface area contributed by atoms with Gasteiger partial charge in [-0.15, -0.1) is 0 Å². The van der Waals surface area contributed by atoms with Crippen LogP contribution < -0.4 is 0 Å². The van der Waals surface area contributed by atoms with Crippen molar-refractivity contribution >= 4 is 11.8 Å². The minimum atomic E-state index is -2.19. The second kappa shape index (κ2) is 5.52. The van der Waals surface area contributed by atoms with Crippen LogP contribution in [0.2, 0.25) is 0 Å². The van der Waals surface area contributed by atoms with Gasteiger partial charge in [-0.05, 0) is 31.9 Å². The molecule has 0 amide bonds. The summed E-state index contributed by atoms with van der Waals surface area (Å²) in [5.74, 6) is -3.51. The molecule has 0 saturated carbocycles. The first-order chi connectivity index (χ1) is 13.1. The molecule has 8 nitrogen and oxygen atoms in total. The molecular weight excluding hydrogens is 368 g/mol. The molecule has 4 bridgehead atoms. The van der Waals surface area contributed by atoms with Crippen molar-refractivity contribution in [1.29, 1.82) is 0 Å². The van der Waals surface area contributed by atoms with E-state index in [0.29, 0.717) is 13.0 Å². The first-order valence-electron chi connectivity index (χ1n) is 9.59. The van der Waals surface area contributed by atoms with Crippen LogP contribution >= 0.6 is 0 Å². The van der Waals surface area contributed by atoms with Crippen molar-refractivity contribution in [3.05, 3.63) is 23.8 Å². The molecule has 152 valence electrons. The van der Waals surface area contributed by atoms with Crippen molar-refractivity contribution in [2.45, 2.75) is 74.5 Å². The van der Waals surface area contributed by atoms with Gasteiger partial charge in [0.05, 0.1) is 12.2 Å². The van der Waals surface area contributed by atoms with Gasteiger partial charge in [-0.2, -0.15) is 0 Å². The lowest BCUT2D eigenvalue weighted by atomic mass is 9.73. The molecule has 4 fully saturated rings. The second-order valence-corrected chi connectivity index (χ2v) is 8.91. The number of rotatable bonds is 1. The highest BCUT2D eigenvalue weighted by molar-refractivity contribution is 5.92. The molecule has 5 heterocycles. The summed E-state index contributed by atoms with van der Waals surface area (Å²) < 4.78 is 22.7. The molecule has 0 aromatic carbocycles. The van der Waals surface area contributed by atoms with E-state index < -0.39 is 53.3 Å². The molecule has 0 spiro atoms. The van der Waals surface area contributed by atoms with E-state index in [2.05, 4.69) is 6.58 Å². The molecule has 0 unspecified atom stereocenters. The van der Waals surface area contributed by atoms with Gasteiger partial charge >= 0.3 is 5.97 Å². The van der Waals surface area contributed by atoms with Gasteiger partial charge in [0.2, 0.25) is 11.4 Å². The zero-order valence-electron chi connectivity index (χ0n) is 15.8. The maximum absolute atomic E-state index is 12.7. The van der Waals surface area contributed by atoms with E-state index in [1.54, 1.807) is 6.92 Å². The fourth-order valence-corrected chi connectivity index (χ4v) is 5.00. The third-order valence-corrected chi connectivity index (χ3v) is 6.86. The Kier molecular flexibility index (Phi) is 3.63. The fraction of sp³-hybridized carbons (Fsp3) is 0.700. The first-order valence-corrected chi connectivity index (χ1v) is 9.59. The number of ether oxygens (including phenoxy) is 4. The standard InChI is InChI=1S/C20H24O8/c1-9-4-11(21)6-10(2)20(24)15(22)12(18(3)8-25-18)7-14(27-20)19-16(28-19)13(5-9)26-17(19)23/h4,12-16,22,24H,2,5-8H2,1,3H3/b9-4-/t12-,13+,14-,15+,16+,18-,19+,20+/m0/s1. The number of aliphatic hydroxyl groups is 2. The molecule has 5 aliphatic heterocycles. The number of aliphatic hydroxyl groups excluding tert-OH is 1. The Labute approximate surface area is 162 Å². The number of carbonyl (C=O) groups is 2. The van der Waals surface area contributed by atoms with Crippen LogP contribution in [0.15, 0.2) is 23.8 Å². The Morgan fingerprint density at radius 2 is 2.00 bits per heavy atom. The lowest BCUT2D eigenvalue weighted by Crippen LogP contribution is -2.63. The molecule has 0 aromatic rings. The van der Waals surface area contributed by atoms with Crippen molar-refractivity contribution in [2.75, 3.05) is 6.61 Å². The Balaban J connectivity index is 1.60. The van der Waals surface area contributed by atoms with Gasteiger partial charge in [-0.25, -0.2) is 4.79 Å². The van der Waals surface area contributed by atoms with E-state index >= 15 is 0 Å². The molecule has 4 saturated heterocycles. The highest BCUT2D eigenvalue weighted by Crippen LogP contribution is 2.58. The predicted molar refractivity (Wildman–Crippen MR) is 92.9 cm³/mol. The van der Waals surface area contributed by atoms with E-state index in [-0.39, 0.29) is 24.2 Å². The number of epoxide rings is 2. The molecular formula is C20H24O8. The molecule has 5 aliphatic rings. The van der Waals surface area contributed by atoms with E-state index in [1.165, 1.54) is 6.08 Å². The monoisotopic (exact) mass is 392 g/mol. The number of ketones is 1. The molecule has 0 aliphatic carbocycles. The number of carbonyl (C=O) groups excluding carboxylic acids is 2. The zero-order chi connectivity index (χ0) is 20.1. The highest BCUT2D eigenvalue weighted by atomic mass is 16.7. The van der Waals surface area contributed by atoms with E-state index in [0.717, 1.165) is 5.57 Å². The van der Waals surface area contributed by atoms with Crippen molar-refractivity contribution in [1.82, 2.24) is 0 Å². The number of allylic oxidation sites excluding steroid dienone is 1. The van der Waals surface area contributed by atoms with Gasteiger partial charge in [-0.3, -0.25) is 4.79 Å². The molecule has 0 radical (unpaired) electrons. The largest absolute Gasteiger partial charge is 0.457 e. The summed E-state index contributed by atoms with van der Waals surface area (Å²) in [6, 6.07) is 0. The average Bonchev–Trinajstić information content (AvgIpc) is 3.50. The Bertz CT molecular complexity index is 813. The number of fused-ring (bicyclic) bond motifs is 2. The van der Waals surface area contributed by atoms with E-state index in [4.69, 9.17) is 18.9 Å². The van der Waals surface area contributed by atoms with Crippen molar-refractivity contribution in [3.63, 3.8) is 0 Å². The van der Waals surface area contributed by atoms with E-state index in [1.807, 2.05) is 6.92 Å². The van der Waals surface area contributed by atoms with Crippen LogP contribution in [0.1, 0.15) is 33.1 Å². The van der Waals surface area contributed by atoms with Crippen LogP contribution in [0.4, 0.5) is 0 Å². The summed E-state index contributed by atoms with van der Waals surface area (Å²) in [4.78, 5) is 25.2. The molecule has 5 rings (SSSR count). The smallest absolute Gasteiger partial charge is 0.344 e. The van der Waals surface area contributed by atoms with Gasteiger partial charge in [0.15, 0.2) is 5.78 Å². The molecule has 8 atom stereocenters. The molecule has 2 N–H and O–H groups in total. The third kappa shape index (κ3) is 2.35. The lowest BCUT2D eigenvalue weighted by molar-refractivity contribution is -0.306. The number of hydrogen-bond acceptors (Lipinski definition) is 8. The third-order valence-electron chi connectivity index (χ3n) is 6.86. The maximum atomic E-state index is 12.7. The predicted octanol–water partition coefficient (Wildman–Crippen LogP) is 0.158. The minimum absolute atomic E-state index is 0.0464. The van der Waals surface area contributed by atoms with Crippen LogP contribution in [-0.4, -0.2) is 70.0 Å². The summed E-state index contributed by atoms with van der Waals surface area (Å²) >= 11 is 0. The average molecular weight is 392 g/mol. The minimum Gasteiger partial charge on any atom is -0.457 e. The van der Waals surface area contributed by atoms with Crippen molar-refractivity contribution in [3.8, 4) is 0 Å². The summed E-state index contributed by atoms with van der Waals surface area (Å²) in [6.07, 6.45) is -1.30. The van der Waals surface area contributed by atoms with Crippen LogP contribution in [0.5, 0.6) is 0 Å². The van der Waals surface area contributed by atoms with Crippen molar-refractivity contribution in [2.24, 2.45) is 5.92 Å². The Morgan fingerprint density at radius 1 is 1.29 bits per heavy atom. The lowest BCUT2D eigenvalue weighted by Gasteiger charge is -2.47. The fourth-order valence-electron chi connectivity index (χ4n) is 5.00. The Morgan fingerprint density at radius 3 is 2.64 bits per heavy atom. The van der Waals surface area contributed by atoms with Crippen LogP contribution in [0.3, 0.4) is 0 Å². The quantitative estimate of drug-likeness (QED) is 0.368. The van der Waals surface area contributed by atoms with Crippen LogP contribution in [-0.2, 0) is 28.5 Å². The van der Waals surface area contributed by atoms with Crippen LogP contribution in [0, 0.1) is 5.92 Å². The van der Waals surface area contributed by atoms with Gasteiger partial charge in [0, 0.05) is 18.8 Å². The highest BCUT2D eigenvalue weighted by Gasteiger charge is 2.79. The SMILES string of the molecule is C=C1CC(=O)/C=C(/C)C[C@H]2OC(=O)[C@@]3(O[C@H]23)[C@@H]2C[C@H]([C@]3(C)CO3)[C@@H](O)[C@]1(O)O2. The van der Waals surface area contributed by atoms with Crippen LogP contribution in [0.25, 0.3) is 0 Å². The number of hydrogen-bond donors (Lipinski definition) is 2. The summed E-state index contributed by atoms with van der Waals surface area (Å²) in [7, 11) is 0. The van der Waals surface area contributed by atoms with Gasteiger partial charge in [0.25, 0.3) is 0 Å². The van der Waals surface area contributed by atoms with Gasteiger partial charge in [0.1, 0.15) is 24.4 Å². The molecule has 0 aromatic heterocycles. The van der Waals surface area contributed by atoms with Gasteiger partial charge < -0.3 is 29.2 Å². The second-order valence-electron chi connectivity index (χ2n) is 8.91. The zero-order valence-corrected chi connectivity index (χ0v) is 15.8. The summed E-state index contributed by atoms with van der Waals surface area (Å²) in [5.41, 5.74) is -1.15. The molecule has 8 heteroatoms. The molecule has 28 heavy (non-hydrogen) atoms. The van der Waals surface area contributed by atoms with Crippen molar-refractivity contribution < 1.29 is 38.7 Å². The Hall–Kier alpha value is -1.58. The maximum Gasteiger partial charge on any atom is 0.344 e. The van der Waals surface area contributed by atoms with Gasteiger partial charge in [-0.1, -0.05) is 12.2 Å². The topological polar surface area (TPSA) is 118 Å². The number of esters is 1. The first kappa shape index (κ1) is 18.4. The summed E-state index contributed by atoms with van der Waals surface area (Å²) in [6.45, 7) is 7.88.